The lowest BCUT2D eigenvalue weighted by Gasteiger charge is -2.35. The molecule has 0 bridgehead atoms. The van der Waals surface area contributed by atoms with Gasteiger partial charge in [0.1, 0.15) is 0 Å². The van der Waals surface area contributed by atoms with Crippen molar-refractivity contribution in [3.63, 3.8) is 0 Å². The van der Waals surface area contributed by atoms with E-state index in [2.05, 4.69) is 18.7 Å². The Morgan fingerprint density at radius 2 is 1.83 bits per heavy atom. The quantitative estimate of drug-likeness (QED) is 0.918. The molecular weight excluding hydrogens is 304 g/mol. The Labute approximate surface area is 144 Å². The van der Waals surface area contributed by atoms with E-state index >= 15 is 0 Å². The number of aliphatic hydroxyl groups excluding tert-OH is 1. The van der Waals surface area contributed by atoms with Crippen molar-refractivity contribution >= 4 is 5.91 Å². The molecule has 132 valence electrons. The minimum absolute atomic E-state index is 0.0221. The van der Waals surface area contributed by atoms with Crippen LogP contribution in [0.1, 0.15) is 42.6 Å². The maximum Gasteiger partial charge on any atom is 0.253 e. The van der Waals surface area contributed by atoms with E-state index in [1.165, 1.54) is 5.56 Å². The second-order valence-electron chi connectivity index (χ2n) is 7.20. The van der Waals surface area contributed by atoms with Gasteiger partial charge in [0.2, 0.25) is 0 Å². The van der Waals surface area contributed by atoms with Gasteiger partial charge in [0.05, 0.1) is 18.3 Å². The average molecular weight is 332 g/mol. The molecule has 5 heteroatoms. The first-order valence-electron chi connectivity index (χ1n) is 8.95. The van der Waals surface area contributed by atoms with Crippen LogP contribution >= 0.6 is 0 Å². The highest BCUT2D eigenvalue weighted by Crippen LogP contribution is 2.17. The predicted molar refractivity (Wildman–Crippen MR) is 92.9 cm³/mol. The number of nitrogens with zero attached hydrogens (tertiary/aromatic N) is 2. The summed E-state index contributed by atoms with van der Waals surface area (Å²) >= 11 is 0. The lowest BCUT2D eigenvalue weighted by atomic mass is 10.1. The summed E-state index contributed by atoms with van der Waals surface area (Å²) in [6.07, 6.45) is 1.81. The van der Waals surface area contributed by atoms with Crippen molar-refractivity contribution in [3.05, 3.63) is 35.4 Å². The van der Waals surface area contributed by atoms with Gasteiger partial charge in [-0.2, -0.15) is 0 Å². The normalized spacial score (nSPS) is 28.8. The fourth-order valence-corrected chi connectivity index (χ4v) is 3.75. The van der Waals surface area contributed by atoms with Crippen LogP contribution in [0.5, 0.6) is 0 Å². The number of piperidine rings is 1. The van der Waals surface area contributed by atoms with Crippen LogP contribution in [0.2, 0.25) is 0 Å². The number of carbonyl (C=O) groups excluding carboxylic acids is 1. The van der Waals surface area contributed by atoms with Crippen molar-refractivity contribution in [1.82, 2.24) is 9.80 Å². The topological polar surface area (TPSA) is 53.0 Å². The number of likely N-dealkylation sites (tertiary alicyclic amines) is 1. The molecule has 1 aromatic rings. The highest BCUT2D eigenvalue weighted by atomic mass is 16.5. The second-order valence-corrected chi connectivity index (χ2v) is 7.20. The van der Waals surface area contributed by atoms with E-state index in [4.69, 9.17) is 4.74 Å². The highest BCUT2D eigenvalue weighted by Gasteiger charge is 2.24. The first kappa shape index (κ1) is 17.4. The number of β-amino-alcohol motifs (C(OH)–C–C–N with tert-alkyl or cyclic N) is 1. The van der Waals surface area contributed by atoms with E-state index in [1.807, 2.05) is 24.3 Å². The Balaban J connectivity index is 1.59. The monoisotopic (exact) mass is 332 g/mol. The summed E-state index contributed by atoms with van der Waals surface area (Å²) in [6, 6.07) is 7.90. The number of morpholine rings is 1. The Kier molecular flexibility index (Phi) is 5.54. The number of benzene rings is 1. The molecule has 0 aromatic heterocycles. The molecule has 24 heavy (non-hydrogen) atoms. The third-order valence-electron chi connectivity index (χ3n) is 4.79. The minimum Gasteiger partial charge on any atom is -0.391 e. The van der Waals surface area contributed by atoms with Gasteiger partial charge in [-0.3, -0.25) is 9.69 Å². The van der Waals surface area contributed by atoms with Gasteiger partial charge in [0.25, 0.3) is 5.91 Å². The maximum atomic E-state index is 12.5. The van der Waals surface area contributed by atoms with Crippen LogP contribution < -0.4 is 0 Å². The zero-order valence-electron chi connectivity index (χ0n) is 14.6. The first-order chi connectivity index (χ1) is 11.5. The number of amides is 1. The number of aliphatic hydroxyl groups is 1. The molecule has 2 aliphatic rings. The van der Waals surface area contributed by atoms with E-state index in [0.717, 1.165) is 39.0 Å². The lowest BCUT2D eigenvalue weighted by Crippen LogP contribution is -2.44. The Hall–Kier alpha value is -1.43. The number of hydrogen-bond donors (Lipinski definition) is 1. The largest absolute Gasteiger partial charge is 0.391 e. The van der Waals surface area contributed by atoms with Gasteiger partial charge in [0.15, 0.2) is 0 Å². The molecule has 1 N–H and O–H groups in total. The van der Waals surface area contributed by atoms with E-state index in [-0.39, 0.29) is 24.2 Å². The molecular formula is C19H28N2O3. The SMILES string of the molecule is CC1CN(Cc2ccc(C(=O)N3CCCC(O)C3)cc2)CC(C)O1. The third-order valence-corrected chi connectivity index (χ3v) is 4.79. The molecule has 0 aliphatic carbocycles. The summed E-state index contributed by atoms with van der Waals surface area (Å²) in [7, 11) is 0. The molecule has 0 saturated carbocycles. The van der Waals surface area contributed by atoms with Crippen LogP contribution in [0.25, 0.3) is 0 Å². The van der Waals surface area contributed by atoms with Crippen LogP contribution in [0.15, 0.2) is 24.3 Å². The van der Waals surface area contributed by atoms with Gasteiger partial charge in [-0.25, -0.2) is 0 Å². The molecule has 1 amide bonds. The van der Waals surface area contributed by atoms with Crippen LogP contribution in [0, 0.1) is 0 Å². The molecule has 3 atom stereocenters. The molecule has 5 nitrogen and oxygen atoms in total. The van der Waals surface area contributed by atoms with E-state index < -0.39 is 0 Å². The van der Waals surface area contributed by atoms with Gasteiger partial charge < -0.3 is 14.7 Å². The van der Waals surface area contributed by atoms with Crippen molar-refractivity contribution in [2.24, 2.45) is 0 Å². The summed E-state index contributed by atoms with van der Waals surface area (Å²) in [5.41, 5.74) is 1.92. The highest BCUT2D eigenvalue weighted by molar-refractivity contribution is 5.94. The Bertz CT molecular complexity index is 550. The fraction of sp³-hybridized carbons (Fsp3) is 0.632. The van der Waals surface area contributed by atoms with Crippen molar-refractivity contribution in [2.45, 2.75) is 51.5 Å². The van der Waals surface area contributed by atoms with Crippen molar-refractivity contribution < 1.29 is 14.6 Å². The van der Waals surface area contributed by atoms with E-state index in [1.54, 1.807) is 4.90 Å². The van der Waals surface area contributed by atoms with Crippen LogP contribution in [0.3, 0.4) is 0 Å². The zero-order valence-corrected chi connectivity index (χ0v) is 14.6. The molecule has 2 heterocycles. The van der Waals surface area contributed by atoms with Crippen LogP contribution in [-0.2, 0) is 11.3 Å². The van der Waals surface area contributed by atoms with E-state index in [9.17, 15) is 9.90 Å². The van der Waals surface area contributed by atoms with Crippen molar-refractivity contribution in [3.8, 4) is 0 Å². The summed E-state index contributed by atoms with van der Waals surface area (Å²) < 4.78 is 5.77. The standard InChI is InChI=1S/C19H28N2O3/c1-14-10-20(11-15(2)24-14)12-16-5-7-17(8-6-16)19(23)21-9-3-4-18(22)13-21/h5-8,14-15,18,22H,3-4,9-13H2,1-2H3. The number of ether oxygens (including phenoxy) is 1. The molecule has 3 rings (SSSR count). The predicted octanol–water partition coefficient (Wildman–Crippen LogP) is 1.89. The zero-order chi connectivity index (χ0) is 17.1. The molecule has 2 fully saturated rings. The van der Waals surface area contributed by atoms with Crippen molar-refractivity contribution in [2.75, 3.05) is 26.2 Å². The molecule has 2 aliphatic heterocycles. The minimum atomic E-state index is -0.382. The van der Waals surface area contributed by atoms with Crippen molar-refractivity contribution in [1.29, 1.82) is 0 Å². The number of hydrogen-bond acceptors (Lipinski definition) is 4. The lowest BCUT2D eigenvalue weighted by molar-refractivity contribution is -0.0704. The Morgan fingerprint density at radius 3 is 2.46 bits per heavy atom. The van der Waals surface area contributed by atoms with Crippen LogP contribution in [-0.4, -0.2) is 65.3 Å². The first-order valence-corrected chi connectivity index (χ1v) is 8.95. The average Bonchev–Trinajstić information content (AvgIpc) is 2.54. The van der Waals surface area contributed by atoms with Gasteiger partial charge in [-0.15, -0.1) is 0 Å². The van der Waals surface area contributed by atoms with Crippen LogP contribution in [0.4, 0.5) is 0 Å². The number of rotatable bonds is 3. The van der Waals surface area contributed by atoms with Gasteiger partial charge in [-0.05, 0) is 44.4 Å². The fourth-order valence-electron chi connectivity index (χ4n) is 3.75. The third kappa shape index (κ3) is 4.35. The number of carbonyl (C=O) groups is 1. The van der Waals surface area contributed by atoms with Gasteiger partial charge in [0, 0.05) is 38.3 Å². The second kappa shape index (κ2) is 7.64. The molecule has 3 unspecified atom stereocenters. The maximum absolute atomic E-state index is 12.5. The molecule has 2 saturated heterocycles. The smallest absolute Gasteiger partial charge is 0.253 e. The summed E-state index contributed by atoms with van der Waals surface area (Å²) in [6.45, 7) is 8.17. The summed E-state index contributed by atoms with van der Waals surface area (Å²) in [4.78, 5) is 16.7. The van der Waals surface area contributed by atoms with Gasteiger partial charge in [-0.1, -0.05) is 12.1 Å². The van der Waals surface area contributed by atoms with E-state index in [0.29, 0.717) is 12.1 Å². The van der Waals surface area contributed by atoms with Gasteiger partial charge >= 0.3 is 0 Å². The molecule has 0 radical (unpaired) electrons. The summed E-state index contributed by atoms with van der Waals surface area (Å²) in [5, 5.41) is 9.73. The molecule has 1 aromatic carbocycles. The Morgan fingerprint density at radius 1 is 1.17 bits per heavy atom. The summed E-state index contributed by atoms with van der Waals surface area (Å²) in [5.74, 6) is 0.0221. The molecule has 0 spiro atoms.